The van der Waals surface area contributed by atoms with Crippen LogP contribution in [0.4, 0.5) is 5.69 Å². The molecule has 154 valence electrons. The molecule has 0 spiro atoms. The molecule has 5 nitrogen and oxygen atoms in total. The van der Waals surface area contributed by atoms with Crippen LogP contribution in [-0.2, 0) is 16.4 Å². The Balaban J connectivity index is 1.56. The number of hydrogen-bond donors (Lipinski definition) is 2. The Morgan fingerprint density at radius 1 is 0.967 bits per heavy atom. The Hall–Kier alpha value is -3.12. The molecule has 0 unspecified atom stereocenters. The quantitative estimate of drug-likeness (QED) is 0.633. The SMILES string of the molecule is Cc1ccc(C(=O)N[C@H]2CCCc3ccccc32)cc1NS(=O)(=O)c1ccccc1. The second-order valence-electron chi connectivity index (χ2n) is 7.57. The van der Waals surface area contributed by atoms with Crippen LogP contribution in [0.15, 0.2) is 77.7 Å². The van der Waals surface area contributed by atoms with Crippen LogP contribution >= 0.6 is 0 Å². The highest BCUT2D eigenvalue weighted by Crippen LogP contribution is 2.30. The van der Waals surface area contributed by atoms with E-state index in [4.69, 9.17) is 0 Å². The molecule has 3 aromatic carbocycles. The van der Waals surface area contributed by atoms with E-state index >= 15 is 0 Å². The molecule has 30 heavy (non-hydrogen) atoms. The Bertz CT molecular complexity index is 1170. The van der Waals surface area contributed by atoms with E-state index in [2.05, 4.69) is 22.2 Å². The predicted molar refractivity (Wildman–Crippen MR) is 118 cm³/mol. The predicted octanol–water partition coefficient (Wildman–Crippen LogP) is 4.60. The van der Waals surface area contributed by atoms with Crippen molar-refractivity contribution in [2.24, 2.45) is 0 Å². The van der Waals surface area contributed by atoms with Gasteiger partial charge < -0.3 is 5.32 Å². The lowest BCUT2D eigenvalue weighted by atomic mass is 9.87. The highest BCUT2D eigenvalue weighted by Gasteiger charge is 2.22. The summed E-state index contributed by atoms with van der Waals surface area (Å²) in [6.07, 6.45) is 2.94. The minimum Gasteiger partial charge on any atom is -0.345 e. The van der Waals surface area contributed by atoms with Crippen molar-refractivity contribution in [1.82, 2.24) is 5.32 Å². The number of anilines is 1. The molecule has 0 aromatic heterocycles. The number of fused-ring (bicyclic) bond motifs is 1. The van der Waals surface area contributed by atoms with E-state index in [0.29, 0.717) is 11.3 Å². The van der Waals surface area contributed by atoms with Crippen molar-refractivity contribution in [3.63, 3.8) is 0 Å². The fourth-order valence-electron chi connectivity index (χ4n) is 3.82. The Morgan fingerprint density at radius 3 is 2.50 bits per heavy atom. The lowest BCUT2D eigenvalue weighted by molar-refractivity contribution is 0.0932. The van der Waals surface area contributed by atoms with Gasteiger partial charge in [-0.05, 0) is 67.1 Å². The van der Waals surface area contributed by atoms with Gasteiger partial charge in [0.25, 0.3) is 15.9 Å². The third-order valence-electron chi connectivity index (χ3n) is 5.47. The van der Waals surface area contributed by atoms with Crippen LogP contribution in [0.3, 0.4) is 0 Å². The second-order valence-corrected chi connectivity index (χ2v) is 9.25. The van der Waals surface area contributed by atoms with Gasteiger partial charge in [0.2, 0.25) is 0 Å². The molecular weight excluding hydrogens is 396 g/mol. The van der Waals surface area contributed by atoms with Crippen LogP contribution in [0.2, 0.25) is 0 Å². The summed E-state index contributed by atoms with van der Waals surface area (Å²) in [7, 11) is -3.73. The van der Waals surface area contributed by atoms with E-state index < -0.39 is 10.0 Å². The number of rotatable bonds is 5. The van der Waals surface area contributed by atoms with Crippen molar-refractivity contribution < 1.29 is 13.2 Å². The second kappa shape index (κ2) is 8.32. The van der Waals surface area contributed by atoms with Crippen molar-refractivity contribution >= 4 is 21.6 Å². The zero-order valence-corrected chi connectivity index (χ0v) is 17.6. The standard InChI is InChI=1S/C24H24N2O3S/c1-17-14-15-19(16-23(17)26-30(28,29)20-10-3-2-4-11-20)24(27)25-22-13-7-9-18-8-5-6-12-21(18)22/h2-6,8,10-12,14-16,22,26H,7,9,13H2,1H3,(H,25,27)/t22-/m0/s1. The molecule has 1 aliphatic rings. The molecule has 0 aliphatic heterocycles. The van der Waals surface area contributed by atoms with Crippen molar-refractivity contribution in [3.05, 3.63) is 95.1 Å². The maximum atomic E-state index is 12.9. The smallest absolute Gasteiger partial charge is 0.261 e. The normalized spacial score (nSPS) is 15.8. The Morgan fingerprint density at radius 2 is 1.70 bits per heavy atom. The van der Waals surface area contributed by atoms with Gasteiger partial charge in [0.1, 0.15) is 0 Å². The monoisotopic (exact) mass is 420 g/mol. The average molecular weight is 421 g/mol. The fourth-order valence-corrected chi connectivity index (χ4v) is 4.96. The molecule has 0 saturated carbocycles. The zero-order chi connectivity index (χ0) is 21.1. The third-order valence-corrected chi connectivity index (χ3v) is 6.85. The van der Waals surface area contributed by atoms with E-state index in [1.54, 1.807) is 36.4 Å². The van der Waals surface area contributed by atoms with Crippen molar-refractivity contribution in [1.29, 1.82) is 0 Å². The number of amides is 1. The molecule has 3 aromatic rings. The summed E-state index contributed by atoms with van der Waals surface area (Å²) >= 11 is 0. The molecular formula is C24H24N2O3S. The van der Waals surface area contributed by atoms with Gasteiger partial charge in [-0.3, -0.25) is 9.52 Å². The molecule has 1 aliphatic carbocycles. The first kappa shape index (κ1) is 20.2. The lowest BCUT2D eigenvalue weighted by Crippen LogP contribution is -2.31. The van der Waals surface area contributed by atoms with Crippen LogP contribution in [0.25, 0.3) is 0 Å². The van der Waals surface area contributed by atoms with Crippen LogP contribution < -0.4 is 10.0 Å². The highest BCUT2D eigenvalue weighted by molar-refractivity contribution is 7.92. The summed E-state index contributed by atoms with van der Waals surface area (Å²) in [5, 5.41) is 3.12. The van der Waals surface area contributed by atoms with Gasteiger partial charge in [-0.2, -0.15) is 0 Å². The van der Waals surface area contributed by atoms with Gasteiger partial charge in [-0.1, -0.05) is 48.5 Å². The van der Waals surface area contributed by atoms with Gasteiger partial charge in [0.05, 0.1) is 16.6 Å². The van der Waals surface area contributed by atoms with E-state index in [0.717, 1.165) is 30.4 Å². The Labute approximate surface area is 177 Å². The van der Waals surface area contributed by atoms with E-state index in [-0.39, 0.29) is 16.8 Å². The van der Waals surface area contributed by atoms with Gasteiger partial charge in [-0.25, -0.2) is 8.42 Å². The molecule has 4 rings (SSSR count). The third kappa shape index (κ3) is 4.24. The molecule has 1 amide bonds. The summed E-state index contributed by atoms with van der Waals surface area (Å²) < 4.78 is 28.0. The van der Waals surface area contributed by atoms with Gasteiger partial charge >= 0.3 is 0 Å². The van der Waals surface area contributed by atoms with Crippen molar-refractivity contribution in [2.75, 3.05) is 4.72 Å². The van der Waals surface area contributed by atoms with Crippen molar-refractivity contribution in [3.8, 4) is 0 Å². The van der Waals surface area contributed by atoms with Crippen LogP contribution in [0.5, 0.6) is 0 Å². The number of nitrogens with one attached hydrogen (secondary N) is 2. The zero-order valence-electron chi connectivity index (χ0n) is 16.8. The molecule has 6 heteroatoms. The maximum absolute atomic E-state index is 12.9. The number of hydrogen-bond acceptors (Lipinski definition) is 3. The highest BCUT2D eigenvalue weighted by atomic mass is 32.2. The number of sulfonamides is 1. The fraction of sp³-hybridized carbons (Fsp3) is 0.208. The van der Waals surface area contributed by atoms with Crippen molar-refractivity contribution in [2.45, 2.75) is 37.1 Å². The van der Waals surface area contributed by atoms with Gasteiger partial charge in [-0.15, -0.1) is 0 Å². The van der Waals surface area contributed by atoms with E-state index in [1.807, 2.05) is 19.1 Å². The number of carbonyl (C=O) groups is 1. The molecule has 2 N–H and O–H groups in total. The minimum atomic E-state index is -3.73. The first-order chi connectivity index (χ1) is 14.4. The van der Waals surface area contributed by atoms with Gasteiger partial charge in [0, 0.05) is 5.56 Å². The van der Waals surface area contributed by atoms with Crippen LogP contribution in [0, 0.1) is 6.92 Å². The van der Waals surface area contributed by atoms with Gasteiger partial charge in [0.15, 0.2) is 0 Å². The minimum absolute atomic E-state index is 0.0341. The molecule has 0 heterocycles. The molecule has 0 saturated heterocycles. The lowest BCUT2D eigenvalue weighted by Gasteiger charge is -2.26. The maximum Gasteiger partial charge on any atom is 0.261 e. The topological polar surface area (TPSA) is 75.3 Å². The Kier molecular flexibility index (Phi) is 5.59. The number of carbonyl (C=O) groups excluding carboxylic acids is 1. The summed E-state index contributed by atoms with van der Waals surface area (Å²) in [5.74, 6) is -0.211. The molecule has 0 fully saturated rings. The van der Waals surface area contributed by atoms with Crippen LogP contribution in [0.1, 0.15) is 45.9 Å². The first-order valence-electron chi connectivity index (χ1n) is 10.0. The summed E-state index contributed by atoms with van der Waals surface area (Å²) in [6.45, 7) is 1.81. The van der Waals surface area contributed by atoms with Crippen LogP contribution in [-0.4, -0.2) is 14.3 Å². The molecule has 0 bridgehead atoms. The summed E-state index contributed by atoms with van der Waals surface area (Å²) in [4.78, 5) is 13.1. The number of aryl methyl sites for hydroxylation is 2. The molecule has 1 atom stereocenters. The number of benzene rings is 3. The van der Waals surface area contributed by atoms with E-state index in [9.17, 15) is 13.2 Å². The summed E-state index contributed by atoms with van der Waals surface area (Å²) in [5.41, 5.74) is 4.00. The first-order valence-corrected chi connectivity index (χ1v) is 11.5. The largest absolute Gasteiger partial charge is 0.345 e. The molecule has 0 radical (unpaired) electrons. The van der Waals surface area contributed by atoms with E-state index in [1.165, 1.54) is 17.7 Å². The average Bonchev–Trinajstić information content (AvgIpc) is 2.76. The summed E-state index contributed by atoms with van der Waals surface area (Å²) in [6, 6.07) is 21.4.